The number of benzene rings is 1. The number of nitrogens with zero attached hydrogens (tertiary/aromatic N) is 1. The van der Waals surface area contributed by atoms with Crippen LogP contribution >= 0.6 is 43.6 Å². The van der Waals surface area contributed by atoms with Gasteiger partial charge in [0.15, 0.2) is 0 Å². The molecule has 1 heterocycles. The molecule has 1 aliphatic heterocycles. The molecule has 4 nitrogen and oxygen atoms in total. The van der Waals surface area contributed by atoms with E-state index in [-0.39, 0.29) is 4.90 Å². The first kappa shape index (κ1) is 16.6. The molecule has 2 N–H and O–H groups in total. The van der Waals surface area contributed by atoms with E-state index in [0.29, 0.717) is 38.2 Å². The Kier molecular flexibility index (Phi) is 5.11. The van der Waals surface area contributed by atoms with E-state index >= 15 is 0 Å². The average molecular weight is 444 g/mol. The predicted octanol–water partition coefficient (Wildman–Crippen LogP) is 3.31. The van der Waals surface area contributed by atoms with E-state index in [1.54, 1.807) is 16.4 Å². The van der Waals surface area contributed by atoms with Crippen LogP contribution in [0.1, 0.15) is 13.8 Å². The SMILES string of the molecule is CC1CN(S(=O)(=O)c2c(Br)cc(N)cc2Br)CC(C)S1. The molecule has 1 aromatic rings. The van der Waals surface area contributed by atoms with Crippen molar-refractivity contribution in [3.63, 3.8) is 0 Å². The van der Waals surface area contributed by atoms with Crippen LogP contribution in [0.3, 0.4) is 0 Å². The van der Waals surface area contributed by atoms with E-state index in [2.05, 4.69) is 45.7 Å². The quantitative estimate of drug-likeness (QED) is 0.712. The molecule has 2 rings (SSSR count). The third kappa shape index (κ3) is 3.35. The molecule has 1 aliphatic rings. The Morgan fingerprint density at radius 2 is 1.65 bits per heavy atom. The molecule has 0 radical (unpaired) electrons. The Bertz CT molecular complexity index is 589. The van der Waals surface area contributed by atoms with Gasteiger partial charge < -0.3 is 5.73 Å². The highest BCUT2D eigenvalue weighted by Crippen LogP contribution is 2.36. The van der Waals surface area contributed by atoms with Crippen molar-refractivity contribution in [2.45, 2.75) is 29.2 Å². The number of rotatable bonds is 2. The minimum absolute atomic E-state index is 0.248. The molecule has 0 bridgehead atoms. The van der Waals surface area contributed by atoms with Crippen LogP contribution < -0.4 is 5.73 Å². The van der Waals surface area contributed by atoms with Crippen LogP contribution in [0.2, 0.25) is 0 Å². The second-order valence-corrected chi connectivity index (χ2v) is 10.4. The minimum atomic E-state index is -3.54. The van der Waals surface area contributed by atoms with Crippen LogP contribution in [0.25, 0.3) is 0 Å². The Morgan fingerprint density at radius 3 is 2.10 bits per heavy atom. The molecule has 2 unspecified atom stereocenters. The Balaban J connectivity index is 2.45. The predicted molar refractivity (Wildman–Crippen MR) is 91.5 cm³/mol. The zero-order chi connectivity index (χ0) is 15.1. The van der Waals surface area contributed by atoms with Gasteiger partial charge in [0, 0.05) is 38.2 Å². The van der Waals surface area contributed by atoms with Gasteiger partial charge in [-0.2, -0.15) is 16.1 Å². The minimum Gasteiger partial charge on any atom is -0.399 e. The molecular formula is C12H16Br2N2O2S2. The lowest BCUT2D eigenvalue weighted by molar-refractivity contribution is 0.404. The summed E-state index contributed by atoms with van der Waals surface area (Å²) < 4.78 is 28.2. The third-order valence-corrected chi connectivity index (χ3v) is 7.94. The number of hydrogen-bond acceptors (Lipinski definition) is 4. The molecule has 0 saturated carbocycles. The van der Waals surface area contributed by atoms with Gasteiger partial charge in [0.05, 0.1) is 0 Å². The molecule has 20 heavy (non-hydrogen) atoms. The van der Waals surface area contributed by atoms with Gasteiger partial charge in [0.2, 0.25) is 10.0 Å². The summed E-state index contributed by atoms with van der Waals surface area (Å²) in [6.07, 6.45) is 0. The molecule has 0 amide bonds. The smallest absolute Gasteiger partial charge is 0.245 e. The lowest BCUT2D eigenvalue weighted by Crippen LogP contribution is -2.44. The van der Waals surface area contributed by atoms with E-state index in [1.807, 2.05) is 11.8 Å². The largest absolute Gasteiger partial charge is 0.399 e. The zero-order valence-corrected chi connectivity index (χ0v) is 15.9. The standard InChI is InChI=1S/C12H16Br2N2O2S2/c1-7-5-16(6-8(2)19-7)20(17,18)12-10(13)3-9(15)4-11(12)14/h3-4,7-8H,5-6,15H2,1-2H3. The van der Waals surface area contributed by atoms with E-state index in [1.165, 1.54) is 0 Å². The summed E-state index contributed by atoms with van der Waals surface area (Å²) in [4.78, 5) is 0.248. The number of halogens is 2. The summed E-state index contributed by atoms with van der Waals surface area (Å²) in [7, 11) is -3.54. The molecule has 2 atom stereocenters. The van der Waals surface area contributed by atoms with Crippen LogP contribution in [0.4, 0.5) is 5.69 Å². The number of nitrogen functional groups attached to an aromatic ring is 1. The van der Waals surface area contributed by atoms with Gasteiger partial charge in [0.25, 0.3) is 0 Å². The number of nitrogens with two attached hydrogens (primary N) is 1. The van der Waals surface area contributed by atoms with Gasteiger partial charge in [-0.05, 0) is 44.0 Å². The lowest BCUT2D eigenvalue weighted by atomic mass is 10.3. The van der Waals surface area contributed by atoms with E-state index in [4.69, 9.17) is 5.73 Å². The van der Waals surface area contributed by atoms with Crippen molar-refractivity contribution in [2.75, 3.05) is 18.8 Å². The van der Waals surface area contributed by atoms with Crippen molar-refractivity contribution < 1.29 is 8.42 Å². The van der Waals surface area contributed by atoms with Crippen molar-refractivity contribution >= 4 is 59.3 Å². The summed E-state index contributed by atoms with van der Waals surface area (Å²) in [6, 6.07) is 3.23. The summed E-state index contributed by atoms with van der Waals surface area (Å²) in [5.74, 6) is 0. The van der Waals surface area contributed by atoms with Crippen molar-refractivity contribution in [3.8, 4) is 0 Å². The normalized spacial score (nSPS) is 24.8. The fourth-order valence-electron chi connectivity index (χ4n) is 2.28. The van der Waals surface area contributed by atoms with Crippen molar-refractivity contribution in [1.29, 1.82) is 0 Å². The second-order valence-electron chi connectivity index (χ2n) is 4.89. The number of hydrogen-bond donors (Lipinski definition) is 1. The van der Waals surface area contributed by atoms with Crippen LogP contribution in [-0.4, -0.2) is 36.3 Å². The van der Waals surface area contributed by atoms with Crippen molar-refractivity contribution in [1.82, 2.24) is 4.31 Å². The van der Waals surface area contributed by atoms with Gasteiger partial charge in [-0.3, -0.25) is 0 Å². The molecule has 0 aromatic heterocycles. The van der Waals surface area contributed by atoms with Gasteiger partial charge in [-0.25, -0.2) is 8.42 Å². The fourth-order valence-corrected chi connectivity index (χ4v) is 7.95. The van der Waals surface area contributed by atoms with Crippen molar-refractivity contribution in [2.24, 2.45) is 0 Å². The van der Waals surface area contributed by atoms with E-state index in [0.717, 1.165) is 0 Å². The molecule has 1 saturated heterocycles. The van der Waals surface area contributed by atoms with Gasteiger partial charge in [0.1, 0.15) is 4.90 Å². The molecule has 0 aliphatic carbocycles. The van der Waals surface area contributed by atoms with Crippen LogP contribution in [0.15, 0.2) is 26.0 Å². The van der Waals surface area contributed by atoms with Gasteiger partial charge in [-0.1, -0.05) is 13.8 Å². The van der Waals surface area contributed by atoms with Gasteiger partial charge >= 0.3 is 0 Å². The summed E-state index contributed by atoms with van der Waals surface area (Å²) >= 11 is 8.44. The maximum atomic E-state index is 12.8. The molecule has 0 spiro atoms. The summed E-state index contributed by atoms with van der Waals surface area (Å²) in [5.41, 5.74) is 6.24. The highest BCUT2D eigenvalue weighted by Gasteiger charge is 2.34. The maximum absolute atomic E-state index is 12.8. The summed E-state index contributed by atoms with van der Waals surface area (Å²) in [6.45, 7) is 5.16. The number of thioether (sulfide) groups is 1. The topological polar surface area (TPSA) is 63.4 Å². The molecular weight excluding hydrogens is 428 g/mol. The maximum Gasteiger partial charge on any atom is 0.245 e. The number of sulfonamides is 1. The van der Waals surface area contributed by atoms with Crippen LogP contribution in [0.5, 0.6) is 0 Å². The second kappa shape index (κ2) is 6.16. The Labute approximate surface area is 140 Å². The van der Waals surface area contributed by atoms with Crippen molar-refractivity contribution in [3.05, 3.63) is 21.1 Å². The average Bonchev–Trinajstić information content (AvgIpc) is 2.25. The first-order chi connectivity index (χ1) is 9.21. The zero-order valence-electron chi connectivity index (χ0n) is 11.1. The third-order valence-electron chi connectivity index (χ3n) is 3.00. The highest BCUT2D eigenvalue weighted by molar-refractivity contribution is 9.11. The molecule has 1 aromatic carbocycles. The Hall–Kier alpha value is 0.240. The first-order valence-electron chi connectivity index (χ1n) is 6.12. The fraction of sp³-hybridized carbons (Fsp3) is 0.500. The van der Waals surface area contributed by atoms with E-state index in [9.17, 15) is 8.42 Å². The first-order valence-corrected chi connectivity index (χ1v) is 10.1. The lowest BCUT2D eigenvalue weighted by Gasteiger charge is -2.34. The van der Waals surface area contributed by atoms with E-state index < -0.39 is 10.0 Å². The highest BCUT2D eigenvalue weighted by atomic mass is 79.9. The Morgan fingerprint density at radius 1 is 1.20 bits per heavy atom. The number of anilines is 1. The monoisotopic (exact) mass is 442 g/mol. The molecule has 112 valence electrons. The van der Waals surface area contributed by atoms with Gasteiger partial charge in [-0.15, -0.1) is 0 Å². The molecule has 1 fully saturated rings. The summed E-state index contributed by atoms with van der Waals surface area (Å²) in [5, 5.41) is 0.583. The molecule has 8 heteroatoms. The van der Waals surface area contributed by atoms with Crippen LogP contribution in [0, 0.1) is 0 Å². The van der Waals surface area contributed by atoms with Crippen LogP contribution in [-0.2, 0) is 10.0 Å².